The van der Waals surface area contributed by atoms with E-state index in [1.807, 2.05) is 0 Å². The van der Waals surface area contributed by atoms with Crippen LogP contribution in [0.1, 0.15) is 26.3 Å². The van der Waals surface area contributed by atoms with Crippen LogP contribution < -0.4 is 9.47 Å². The van der Waals surface area contributed by atoms with Crippen LogP contribution in [-0.4, -0.2) is 47.8 Å². The smallest absolute Gasteiger partial charge is 0.410 e. The molecular weight excluding hydrogens is 465 g/mol. The zero-order valence-electron chi connectivity index (χ0n) is 19.1. The van der Waals surface area contributed by atoms with Crippen molar-refractivity contribution in [2.75, 3.05) is 13.8 Å². The van der Waals surface area contributed by atoms with Crippen molar-refractivity contribution in [1.82, 2.24) is 13.9 Å². The normalized spacial score (nSPS) is 13.1. The number of aromatic nitrogens is 2. The van der Waals surface area contributed by atoms with E-state index in [0.717, 1.165) is 3.97 Å². The van der Waals surface area contributed by atoms with Gasteiger partial charge >= 0.3 is 6.09 Å². The molecule has 0 radical (unpaired) electrons. The highest BCUT2D eigenvalue weighted by molar-refractivity contribution is 7.90. The Hall–Kier alpha value is -3.60. The summed E-state index contributed by atoms with van der Waals surface area (Å²) in [5, 5.41) is 0. The first-order chi connectivity index (χ1) is 16.0. The summed E-state index contributed by atoms with van der Waals surface area (Å²) in [5.74, 6) is -0.449. The lowest BCUT2D eigenvalue weighted by molar-refractivity contribution is 0.0285. The Morgan fingerprint density at radius 3 is 2.71 bits per heavy atom. The summed E-state index contributed by atoms with van der Waals surface area (Å²) < 4.78 is 59.0. The lowest BCUT2D eigenvalue weighted by Crippen LogP contribution is -2.33. The van der Waals surface area contributed by atoms with Crippen LogP contribution in [0.25, 0.3) is 11.3 Å². The van der Waals surface area contributed by atoms with Gasteiger partial charge in [0.15, 0.2) is 11.5 Å². The molecule has 3 aromatic rings. The third kappa shape index (κ3) is 4.56. The number of pyridine rings is 1. The average Bonchev–Trinajstić information content (AvgIpc) is 3.40. The van der Waals surface area contributed by atoms with Crippen LogP contribution in [0.2, 0.25) is 0 Å². The topological polar surface area (TPSA) is 100.0 Å². The highest BCUT2D eigenvalue weighted by Gasteiger charge is 2.31. The van der Waals surface area contributed by atoms with Gasteiger partial charge in [0.2, 0.25) is 12.7 Å². The monoisotopic (exact) mass is 489 g/mol. The molecule has 2 aromatic heterocycles. The van der Waals surface area contributed by atoms with Gasteiger partial charge in [0.05, 0.1) is 17.8 Å². The molecule has 34 heavy (non-hydrogen) atoms. The lowest BCUT2D eigenvalue weighted by Gasteiger charge is -2.24. The fourth-order valence-electron chi connectivity index (χ4n) is 3.45. The molecule has 1 aliphatic heterocycles. The number of ether oxygens (including phenoxy) is 3. The van der Waals surface area contributed by atoms with Crippen molar-refractivity contribution >= 4 is 16.1 Å². The highest BCUT2D eigenvalue weighted by atomic mass is 32.2. The van der Waals surface area contributed by atoms with Crippen molar-refractivity contribution in [3.8, 4) is 22.8 Å². The summed E-state index contributed by atoms with van der Waals surface area (Å²) in [7, 11) is -2.71. The van der Waals surface area contributed by atoms with Crippen molar-refractivity contribution in [1.29, 1.82) is 0 Å². The van der Waals surface area contributed by atoms with Crippen molar-refractivity contribution < 1.29 is 31.8 Å². The molecule has 0 unspecified atom stereocenters. The summed E-state index contributed by atoms with van der Waals surface area (Å²) in [5.41, 5.74) is -0.211. The molecule has 11 heteroatoms. The Morgan fingerprint density at radius 1 is 1.24 bits per heavy atom. The molecule has 180 valence electrons. The van der Waals surface area contributed by atoms with Crippen molar-refractivity contribution in [3.05, 3.63) is 60.3 Å². The van der Waals surface area contributed by atoms with E-state index in [0.29, 0.717) is 11.3 Å². The van der Waals surface area contributed by atoms with Gasteiger partial charge in [-0.25, -0.2) is 22.2 Å². The number of carbonyl (C=O) groups excluding carboxylic acids is 1. The predicted octanol–water partition coefficient (Wildman–Crippen LogP) is 4.02. The first-order valence-electron chi connectivity index (χ1n) is 10.4. The van der Waals surface area contributed by atoms with E-state index >= 15 is 0 Å². The van der Waals surface area contributed by atoms with Gasteiger partial charge in [-0.1, -0.05) is 6.07 Å². The van der Waals surface area contributed by atoms with Gasteiger partial charge in [-0.3, -0.25) is 0 Å². The Labute approximate surface area is 196 Å². The maximum absolute atomic E-state index is 14.6. The first-order valence-corrected chi connectivity index (χ1v) is 11.8. The van der Waals surface area contributed by atoms with Crippen LogP contribution >= 0.6 is 0 Å². The Kier molecular flexibility index (Phi) is 5.98. The van der Waals surface area contributed by atoms with E-state index < -0.39 is 27.7 Å². The molecular formula is C23H24FN3O6S. The van der Waals surface area contributed by atoms with Crippen molar-refractivity contribution in [3.63, 3.8) is 0 Å². The average molecular weight is 490 g/mol. The van der Waals surface area contributed by atoms with E-state index in [-0.39, 0.29) is 35.2 Å². The molecule has 4 rings (SSSR count). The second-order valence-corrected chi connectivity index (χ2v) is 10.5. The molecule has 9 nitrogen and oxygen atoms in total. The highest BCUT2D eigenvalue weighted by Crippen LogP contribution is 2.40. The summed E-state index contributed by atoms with van der Waals surface area (Å²) in [4.78, 5) is 17.2. The summed E-state index contributed by atoms with van der Waals surface area (Å²) in [6, 6.07) is 8.95. The van der Waals surface area contributed by atoms with Gasteiger partial charge in [0.25, 0.3) is 10.0 Å². The van der Waals surface area contributed by atoms with E-state index in [9.17, 15) is 17.6 Å². The molecule has 0 saturated heterocycles. The Bertz CT molecular complexity index is 1350. The molecule has 0 spiro atoms. The molecule has 0 atom stereocenters. The Balaban J connectivity index is 1.79. The number of hydrogen-bond donors (Lipinski definition) is 0. The number of nitrogens with zero attached hydrogens (tertiary/aromatic N) is 3. The van der Waals surface area contributed by atoms with Crippen LogP contribution in [0.3, 0.4) is 0 Å². The number of rotatable bonds is 5. The number of benzene rings is 1. The van der Waals surface area contributed by atoms with E-state index in [1.165, 1.54) is 54.7 Å². The minimum absolute atomic E-state index is 0.0120. The van der Waals surface area contributed by atoms with Gasteiger partial charge < -0.3 is 19.1 Å². The summed E-state index contributed by atoms with van der Waals surface area (Å²) in [6.07, 6.45) is 2.03. The van der Waals surface area contributed by atoms with Gasteiger partial charge in [-0.15, -0.1) is 0 Å². The second-order valence-electron chi connectivity index (χ2n) is 8.70. The van der Waals surface area contributed by atoms with Crippen LogP contribution in [-0.2, 0) is 21.3 Å². The quantitative estimate of drug-likeness (QED) is 0.499. The van der Waals surface area contributed by atoms with Crippen LogP contribution in [0.4, 0.5) is 9.18 Å². The van der Waals surface area contributed by atoms with Gasteiger partial charge in [0, 0.05) is 19.4 Å². The van der Waals surface area contributed by atoms with Gasteiger partial charge in [0.1, 0.15) is 10.5 Å². The van der Waals surface area contributed by atoms with Gasteiger partial charge in [-0.05, 0) is 56.7 Å². The van der Waals surface area contributed by atoms with Crippen LogP contribution in [0, 0.1) is 5.95 Å². The van der Waals surface area contributed by atoms with Gasteiger partial charge in [-0.2, -0.15) is 4.39 Å². The Morgan fingerprint density at radius 2 is 2.00 bits per heavy atom. The molecule has 3 heterocycles. The molecule has 0 aliphatic carbocycles. The number of amides is 1. The SMILES string of the molecule is CN(Cc1cc(-c2cccnc2F)n(S(=O)(=O)c2cccc3c2OCO3)c1)C(=O)OC(C)(C)C. The minimum Gasteiger partial charge on any atom is -0.454 e. The number of fused-ring (bicyclic) bond motifs is 1. The van der Waals surface area contributed by atoms with Crippen molar-refractivity contribution in [2.24, 2.45) is 0 Å². The molecule has 1 amide bonds. The van der Waals surface area contributed by atoms with E-state index in [1.54, 1.807) is 26.8 Å². The minimum atomic E-state index is -4.24. The standard InChI is InChI=1S/C23H24FN3O6S/c1-23(2,3)33-22(28)26(4)12-15-11-17(16-7-6-10-25-21(16)24)27(13-15)34(29,30)19-9-5-8-18-20(19)32-14-31-18/h5-11,13H,12,14H2,1-4H3. The molecule has 0 bridgehead atoms. The third-order valence-electron chi connectivity index (χ3n) is 4.90. The zero-order chi connectivity index (χ0) is 24.7. The van der Waals surface area contributed by atoms with Crippen molar-refractivity contribution in [2.45, 2.75) is 37.8 Å². The summed E-state index contributed by atoms with van der Waals surface area (Å²) in [6.45, 7) is 5.15. The largest absolute Gasteiger partial charge is 0.454 e. The molecule has 0 saturated carbocycles. The fourth-order valence-corrected chi connectivity index (χ4v) is 4.99. The molecule has 0 N–H and O–H groups in total. The number of carbonyl (C=O) groups is 1. The number of hydrogen-bond acceptors (Lipinski definition) is 7. The first kappa shape index (κ1) is 23.6. The second kappa shape index (κ2) is 8.64. The zero-order valence-corrected chi connectivity index (χ0v) is 19.9. The van der Waals surface area contributed by atoms with E-state index in [2.05, 4.69) is 4.98 Å². The maximum Gasteiger partial charge on any atom is 0.410 e. The van der Waals surface area contributed by atoms with Crippen LogP contribution in [0.15, 0.2) is 53.7 Å². The number of halogens is 1. The van der Waals surface area contributed by atoms with E-state index in [4.69, 9.17) is 14.2 Å². The fraction of sp³-hybridized carbons (Fsp3) is 0.304. The van der Waals surface area contributed by atoms with Crippen LogP contribution in [0.5, 0.6) is 11.5 Å². The molecule has 0 fully saturated rings. The maximum atomic E-state index is 14.6. The third-order valence-corrected chi connectivity index (χ3v) is 6.60. The predicted molar refractivity (Wildman–Crippen MR) is 120 cm³/mol. The lowest BCUT2D eigenvalue weighted by atomic mass is 10.2. The molecule has 1 aliphatic rings. The summed E-state index contributed by atoms with van der Waals surface area (Å²) >= 11 is 0. The molecule has 1 aromatic carbocycles. The number of para-hydroxylation sites is 1.